The fourth-order valence-corrected chi connectivity index (χ4v) is 4.39. The smallest absolute Gasteiger partial charge is 0.419 e. The van der Waals surface area contributed by atoms with Gasteiger partial charge in [-0.15, -0.1) is 0 Å². The first kappa shape index (κ1) is 20.4. The van der Waals surface area contributed by atoms with E-state index in [1.807, 2.05) is 30.3 Å². The van der Waals surface area contributed by atoms with Crippen LogP contribution in [0.4, 0.5) is 22.4 Å². The van der Waals surface area contributed by atoms with Crippen molar-refractivity contribution >= 4 is 11.7 Å². The van der Waals surface area contributed by atoms with Gasteiger partial charge in [0.15, 0.2) is 0 Å². The molecule has 3 nitrogen and oxygen atoms in total. The van der Waals surface area contributed by atoms with Crippen LogP contribution in [0.2, 0.25) is 0 Å². The number of rotatable bonds is 3. The molecule has 0 aromatic heterocycles. The van der Waals surface area contributed by atoms with Gasteiger partial charge in [-0.25, -0.2) is 9.18 Å². The van der Waals surface area contributed by atoms with Crippen LogP contribution < -0.4 is 0 Å². The Morgan fingerprint density at radius 2 is 1.83 bits per heavy atom. The molecule has 2 aromatic carbocycles. The number of nitrogens with zero attached hydrogens (tertiary/aromatic N) is 1. The van der Waals surface area contributed by atoms with E-state index in [2.05, 4.69) is 0 Å². The zero-order chi connectivity index (χ0) is 21.3. The van der Waals surface area contributed by atoms with E-state index in [0.29, 0.717) is 18.4 Å². The SMILES string of the molecule is O=C(OCc1ccccc1)N1C2C=C(c3cccc(F)c3C(F)(F)F)CC1CCC2. The summed E-state index contributed by atoms with van der Waals surface area (Å²) < 4.78 is 59.9. The average molecular weight is 419 g/mol. The van der Waals surface area contributed by atoms with Crippen molar-refractivity contribution in [1.29, 1.82) is 0 Å². The summed E-state index contributed by atoms with van der Waals surface area (Å²) in [7, 11) is 0. The first-order chi connectivity index (χ1) is 14.3. The summed E-state index contributed by atoms with van der Waals surface area (Å²) in [4.78, 5) is 14.4. The summed E-state index contributed by atoms with van der Waals surface area (Å²) in [6, 6.07) is 12.1. The number of hydrogen-bond acceptors (Lipinski definition) is 2. The molecule has 2 heterocycles. The topological polar surface area (TPSA) is 29.5 Å². The van der Waals surface area contributed by atoms with Crippen molar-refractivity contribution in [3.8, 4) is 0 Å². The maximum atomic E-state index is 14.0. The minimum atomic E-state index is -4.79. The second kappa shape index (κ2) is 8.13. The van der Waals surface area contributed by atoms with Gasteiger partial charge in [-0.05, 0) is 48.4 Å². The molecule has 0 spiro atoms. The second-order valence-corrected chi connectivity index (χ2v) is 7.66. The number of halogens is 4. The molecule has 0 aliphatic carbocycles. The third-order valence-corrected chi connectivity index (χ3v) is 5.70. The third-order valence-electron chi connectivity index (χ3n) is 5.70. The number of ether oxygens (including phenoxy) is 1. The number of alkyl halides is 3. The molecule has 1 fully saturated rings. The van der Waals surface area contributed by atoms with Crippen molar-refractivity contribution in [3.05, 3.63) is 77.1 Å². The molecule has 1 amide bonds. The van der Waals surface area contributed by atoms with Crippen molar-refractivity contribution in [2.75, 3.05) is 0 Å². The lowest BCUT2D eigenvalue weighted by atomic mass is 9.82. The van der Waals surface area contributed by atoms with Crippen LogP contribution in [0.5, 0.6) is 0 Å². The van der Waals surface area contributed by atoms with E-state index in [4.69, 9.17) is 4.74 Å². The first-order valence-electron chi connectivity index (χ1n) is 9.90. The minimum Gasteiger partial charge on any atom is -0.445 e. The molecule has 30 heavy (non-hydrogen) atoms. The van der Waals surface area contributed by atoms with Crippen molar-refractivity contribution in [2.24, 2.45) is 0 Å². The first-order valence-corrected chi connectivity index (χ1v) is 9.90. The highest BCUT2D eigenvalue weighted by molar-refractivity contribution is 5.76. The fourth-order valence-electron chi connectivity index (χ4n) is 4.39. The van der Waals surface area contributed by atoms with Crippen LogP contribution in [-0.2, 0) is 17.5 Å². The Morgan fingerprint density at radius 1 is 1.07 bits per heavy atom. The lowest BCUT2D eigenvalue weighted by molar-refractivity contribution is -0.140. The monoisotopic (exact) mass is 419 g/mol. The zero-order valence-electron chi connectivity index (χ0n) is 16.2. The standard InChI is InChI=1S/C23H21F4NO2/c24-20-11-5-10-19(21(20)23(25,26)27)16-12-17-8-4-9-18(13-16)28(17)22(29)30-14-15-6-2-1-3-7-15/h1-3,5-7,10-12,17-18H,4,8-9,13-14H2. The Morgan fingerprint density at radius 3 is 2.53 bits per heavy atom. The van der Waals surface area contributed by atoms with Gasteiger partial charge < -0.3 is 4.74 Å². The van der Waals surface area contributed by atoms with Gasteiger partial charge in [-0.3, -0.25) is 4.90 Å². The number of piperidine rings is 1. The number of carbonyl (C=O) groups excluding carboxylic acids is 1. The molecule has 1 saturated heterocycles. The van der Waals surface area contributed by atoms with Crippen molar-refractivity contribution in [1.82, 2.24) is 4.90 Å². The molecule has 0 N–H and O–H groups in total. The molecule has 4 rings (SSSR count). The number of hydrogen-bond donors (Lipinski definition) is 0. The molecule has 0 saturated carbocycles. The second-order valence-electron chi connectivity index (χ2n) is 7.66. The van der Waals surface area contributed by atoms with Gasteiger partial charge in [0.1, 0.15) is 12.4 Å². The Hall–Kier alpha value is -2.83. The van der Waals surface area contributed by atoms with E-state index in [9.17, 15) is 22.4 Å². The van der Waals surface area contributed by atoms with Crippen LogP contribution in [0.3, 0.4) is 0 Å². The quantitative estimate of drug-likeness (QED) is 0.555. The van der Waals surface area contributed by atoms with Crippen LogP contribution in [0.15, 0.2) is 54.6 Å². The molecule has 2 bridgehead atoms. The van der Waals surface area contributed by atoms with E-state index in [0.717, 1.165) is 18.1 Å². The molecule has 2 aromatic rings. The molecular formula is C23H21F4NO2. The highest BCUT2D eigenvalue weighted by Gasteiger charge is 2.42. The summed E-state index contributed by atoms with van der Waals surface area (Å²) in [5, 5.41) is 0. The maximum Gasteiger partial charge on any atom is 0.419 e. The average Bonchev–Trinajstić information content (AvgIpc) is 2.70. The van der Waals surface area contributed by atoms with Crippen LogP contribution in [0.25, 0.3) is 5.57 Å². The van der Waals surface area contributed by atoms with E-state index < -0.39 is 23.7 Å². The van der Waals surface area contributed by atoms with Gasteiger partial charge in [-0.2, -0.15) is 13.2 Å². The summed E-state index contributed by atoms with van der Waals surface area (Å²) in [6.45, 7) is 0.133. The molecule has 7 heteroatoms. The predicted octanol–water partition coefficient (Wildman–Crippen LogP) is 6.19. The Bertz CT molecular complexity index is 955. The van der Waals surface area contributed by atoms with Crippen molar-refractivity contribution in [2.45, 2.75) is 50.6 Å². The number of amides is 1. The molecular weight excluding hydrogens is 398 g/mol. The van der Waals surface area contributed by atoms with E-state index in [1.165, 1.54) is 12.1 Å². The summed E-state index contributed by atoms with van der Waals surface area (Å²) >= 11 is 0. The lowest BCUT2D eigenvalue weighted by Gasteiger charge is -2.44. The highest BCUT2D eigenvalue weighted by Crippen LogP contribution is 2.42. The molecule has 2 aliphatic rings. The van der Waals surface area contributed by atoms with Gasteiger partial charge in [-0.1, -0.05) is 48.5 Å². The molecule has 2 unspecified atom stereocenters. The van der Waals surface area contributed by atoms with Crippen LogP contribution in [0, 0.1) is 5.82 Å². The Labute approximate surface area is 171 Å². The predicted molar refractivity (Wildman–Crippen MR) is 104 cm³/mol. The Kier molecular flexibility index (Phi) is 5.54. The Balaban J connectivity index is 1.59. The minimum absolute atomic E-state index is 0.133. The van der Waals surface area contributed by atoms with E-state index >= 15 is 0 Å². The van der Waals surface area contributed by atoms with Gasteiger partial charge in [0.05, 0.1) is 11.6 Å². The normalized spacial score (nSPS) is 21.2. The lowest BCUT2D eigenvalue weighted by Crippen LogP contribution is -2.51. The van der Waals surface area contributed by atoms with Crippen LogP contribution in [-0.4, -0.2) is 23.1 Å². The molecule has 2 atom stereocenters. The van der Waals surface area contributed by atoms with Crippen molar-refractivity contribution < 1.29 is 27.1 Å². The summed E-state index contributed by atoms with van der Waals surface area (Å²) in [5.74, 6) is -1.28. The van der Waals surface area contributed by atoms with Crippen LogP contribution >= 0.6 is 0 Å². The van der Waals surface area contributed by atoms with Crippen molar-refractivity contribution in [3.63, 3.8) is 0 Å². The van der Waals surface area contributed by atoms with E-state index in [1.54, 1.807) is 11.0 Å². The number of benzene rings is 2. The zero-order valence-corrected chi connectivity index (χ0v) is 16.2. The number of carbonyl (C=O) groups is 1. The third kappa shape index (κ3) is 4.06. The highest BCUT2D eigenvalue weighted by atomic mass is 19.4. The van der Waals surface area contributed by atoms with Gasteiger partial charge in [0.25, 0.3) is 0 Å². The summed E-state index contributed by atoms with van der Waals surface area (Å²) in [5.41, 5.74) is -0.0893. The van der Waals surface area contributed by atoms with Crippen LogP contribution in [0.1, 0.15) is 42.4 Å². The molecule has 2 aliphatic heterocycles. The van der Waals surface area contributed by atoms with Gasteiger partial charge >= 0.3 is 12.3 Å². The van der Waals surface area contributed by atoms with Gasteiger partial charge in [0.2, 0.25) is 0 Å². The maximum absolute atomic E-state index is 14.0. The van der Waals surface area contributed by atoms with Gasteiger partial charge in [0, 0.05) is 6.04 Å². The largest absolute Gasteiger partial charge is 0.445 e. The fraction of sp³-hybridized carbons (Fsp3) is 0.348. The molecule has 158 valence electrons. The number of fused-ring (bicyclic) bond motifs is 2. The summed E-state index contributed by atoms with van der Waals surface area (Å²) in [6.07, 6.45) is -1.17. The molecule has 0 radical (unpaired) electrons. The van der Waals surface area contributed by atoms with E-state index in [-0.39, 0.29) is 30.7 Å².